The zero-order chi connectivity index (χ0) is 47.5. The van der Waals surface area contributed by atoms with Gasteiger partial charge in [-0.2, -0.15) is 52.7 Å². The molecule has 0 aliphatic carbocycles. The predicted octanol–water partition coefficient (Wildman–Crippen LogP) is 10.2. The molecule has 0 unspecified atom stereocenters. The standard InChI is InChI=1S/3C11H7F6NO2.Fe/c3*1-3(19)5(4(2)20)6-7(12)9(11(15,16)17)18-10(14)8(6)13;/h3*19H,1-2H3;/b3*5-3+;. The first-order valence-electron chi connectivity index (χ1n) is 15.0. The zero-order valence-electron chi connectivity index (χ0n) is 30.6. The Morgan fingerprint density at radius 3 is 0.656 bits per heavy atom. The number of nitrogens with zero attached hydrogens (tertiary/aromatic N) is 3. The van der Waals surface area contributed by atoms with Crippen LogP contribution >= 0.6 is 0 Å². The maximum Gasteiger partial charge on any atom is 0.436 e. The number of halogens is 18. The number of hydrogen-bond donors (Lipinski definition) is 3. The molecule has 61 heavy (non-hydrogen) atoms. The Labute approximate surface area is 338 Å². The van der Waals surface area contributed by atoms with E-state index in [9.17, 15) is 109 Å². The first kappa shape index (κ1) is 55.3. The molecule has 0 fully saturated rings. The summed E-state index contributed by atoms with van der Waals surface area (Å²) in [7, 11) is 0. The summed E-state index contributed by atoms with van der Waals surface area (Å²) in [5, 5.41) is 27.5. The van der Waals surface area contributed by atoms with Crippen molar-refractivity contribution >= 4 is 34.1 Å². The van der Waals surface area contributed by atoms with Gasteiger partial charge in [0.15, 0.2) is 69.3 Å². The van der Waals surface area contributed by atoms with Crippen LogP contribution in [0.5, 0.6) is 0 Å². The molecule has 338 valence electrons. The van der Waals surface area contributed by atoms with Gasteiger partial charge in [0.1, 0.15) is 17.3 Å². The SMILES string of the molecule is CC(=O)/C(=C(/C)O)c1c(F)c(F)nc(C(F)(F)F)c1F.CC(=O)/C(=C(/C)O)c1c(F)c(F)nc(C(F)(F)F)c1F.CC(=O)/C(=C(/C)O)c1c(F)c(F)nc(C(F)(F)F)c1F.[Fe]. The Bertz CT molecular complexity index is 2070. The summed E-state index contributed by atoms with van der Waals surface area (Å²) < 4.78 is 233. The molecular weight excluding hydrogens is 932 g/mol. The second-order valence-electron chi connectivity index (χ2n) is 11.3. The van der Waals surface area contributed by atoms with Gasteiger partial charge in [0.25, 0.3) is 0 Å². The number of allylic oxidation sites excluding steroid dienone is 6. The number of hydrogen-bond acceptors (Lipinski definition) is 9. The zero-order valence-corrected chi connectivity index (χ0v) is 31.7. The largest absolute Gasteiger partial charge is 0.512 e. The van der Waals surface area contributed by atoms with Gasteiger partial charge in [-0.1, -0.05) is 0 Å². The number of carbonyl (C=O) groups excluding carboxylic acids is 3. The smallest absolute Gasteiger partial charge is 0.436 e. The van der Waals surface area contributed by atoms with E-state index in [0.29, 0.717) is 0 Å². The van der Waals surface area contributed by atoms with Crippen LogP contribution < -0.4 is 0 Å². The van der Waals surface area contributed by atoms with Crippen molar-refractivity contribution in [1.82, 2.24) is 15.0 Å². The van der Waals surface area contributed by atoms with Gasteiger partial charge in [-0.05, 0) is 41.5 Å². The van der Waals surface area contributed by atoms with E-state index >= 15 is 0 Å². The van der Waals surface area contributed by atoms with E-state index in [2.05, 4.69) is 15.0 Å². The van der Waals surface area contributed by atoms with E-state index in [1.165, 1.54) is 0 Å². The van der Waals surface area contributed by atoms with E-state index in [-0.39, 0.29) is 17.1 Å². The second kappa shape index (κ2) is 20.3. The molecule has 0 aromatic carbocycles. The quantitative estimate of drug-likeness (QED) is 0.0721. The Hall–Kier alpha value is -5.66. The second-order valence-corrected chi connectivity index (χ2v) is 11.3. The summed E-state index contributed by atoms with van der Waals surface area (Å²) >= 11 is 0. The van der Waals surface area contributed by atoms with Crippen LogP contribution in [0, 0.1) is 52.7 Å². The molecule has 0 radical (unpaired) electrons. The molecule has 3 heterocycles. The minimum Gasteiger partial charge on any atom is -0.512 e. The molecule has 0 aliphatic heterocycles. The minimum absolute atomic E-state index is 0. The van der Waals surface area contributed by atoms with Crippen LogP contribution in [0.4, 0.5) is 79.0 Å². The Morgan fingerprint density at radius 2 is 0.541 bits per heavy atom. The molecule has 0 spiro atoms. The number of pyridine rings is 3. The molecule has 9 nitrogen and oxygen atoms in total. The maximum absolute atomic E-state index is 13.7. The summed E-state index contributed by atoms with van der Waals surface area (Å²) in [5.41, 5.74) is -15.0. The number of aliphatic hydroxyl groups is 3. The molecule has 0 amide bonds. The van der Waals surface area contributed by atoms with Crippen LogP contribution in [-0.4, -0.2) is 47.6 Å². The Kier molecular flexibility index (Phi) is 18.4. The van der Waals surface area contributed by atoms with Gasteiger partial charge in [0.05, 0.1) is 33.4 Å². The Balaban J connectivity index is 0.000000878. The van der Waals surface area contributed by atoms with E-state index in [4.69, 9.17) is 0 Å². The number of aromatic nitrogens is 3. The van der Waals surface area contributed by atoms with Crippen LogP contribution in [0.3, 0.4) is 0 Å². The van der Waals surface area contributed by atoms with Crippen molar-refractivity contribution in [1.29, 1.82) is 0 Å². The molecule has 3 rings (SSSR count). The van der Waals surface area contributed by atoms with Crippen molar-refractivity contribution in [3.63, 3.8) is 0 Å². The van der Waals surface area contributed by atoms with E-state index in [1.807, 2.05) is 0 Å². The van der Waals surface area contributed by atoms with Crippen molar-refractivity contribution < 1.29 is 126 Å². The van der Waals surface area contributed by atoms with Crippen LogP contribution in [0.2, 0.25) is 0 Å². The summed E-state index contributed by atoms with van der Waals surface area (Å²) in [6.45, 7) is 4.71. The van der Waals surface area contributed by atoms with Crippen LogP contribution in [0.15, 0.2) is 17.3 Å². The normalized spacial score (nSPS) is 13.0. The molecule has 0 saturated heterocycles. The number of Topliss-reactive ketones (excluding diaryl/α,β-unsaturated/α-hetero) is 3. The van der Waals surface area contributed by atoms with Crippen molar-refractivity contribution in [2.24, 2.45) is 0 Å². The van der Waals surface area contributed by atoms with Crippen molar-refractivity contribution in [2.45, 2.75) is 60.1 Å². The molecular formula is C33H21F18FeN3O6. The van der Waals surface area contributed by atoms with Crippen molar-refractivity contribution in [2.75, 3.05) is 0 Å². The fraction of sp³-hybridized carbons (Fsp3) is 0.273. The van der Waals surface area contributed by atoms with E-state index in [0.717, 1.165) is 41.5 Å². The van der Waals surface area contributed by atoms with Gasteiger partial charge in [0.2, 0.25) is 17.8 Å². The van der Waals surface area contributed by atoms with Crippen molar-refractivity contribution in [3.8, 4) is 0 Å². The molecule has 3 aromatic rings. The third-order valence-electron chi connectivity index (χ3n) is 6.81. The number of alkyl halides is 9. The number of ketones is 3. The Morgan fingerprint density at radius 1 is 0.377 bits per heavy atom. The van der Waals surface area contributed by atoms with Gasteiger partial charge in [-0.3, -0.25) is 14.4 Å². The van der Waals surface area contributed by atoms with Gasteiger partial charge in [-0.15, -0.1) is 0 Å². The van der Waals surface area contributed by atoms with Crippen LogP contribution in [0.1, 0.15) is 75.3 Å². The van der Waals surface area contributed by atoms with Gasteiger partial charge in [0, 0.05) is 17.1 Å². The van der Waals surface area contributed by atoms with Crippen LogP contribution in [-0.2, 0) is 50.0 Å². The van der Waals surface area contributed by atoms with Gasteiger partial charge >= 0.3 is 18.5 Å². The molecule has 28 heteroatoms. The monoisotopic (exact) mass is 953 g/mol. The fourth-order valence-corrected chi connectivity index (χ4v) is 4.60. The maximum atomic E-state index is 13.7. The summed E-state index contributed by atoms with van der Waals surface area (Å²) in [6.07, 6.45) is -16.2. The molecule has 0 atom stereocenters. The first-order chi connectivity index (χ1) is 26.9. The van der Waals surface area contributed by atoms with Gasteiger partial charge < -0.3 is 15.3 Å². The van der Waals surface area contributed by atoms with Crippen LogP contribution in [0.25, 0.3) is 16.7 Å². The average molecular weight is 953 g/mol. The number of aliphatic hydroxyl groups excluding tert-OH is 3. The molecule has 0 bridgehead atoms. The summed E-state index contributed by atoms with van der Waals surface area (Å²) in [4.78, 5) is 40.0. The fourth-order valence-electron chi connectivity index (χ4n) is 4.60. The van der Waals surface area contributed by atoms with E-state index in [1.54, 1.807) is 0 Å². The summed E-state index contributed by atoms with van der Waals surface area (Å²) in [5.74, 6) is -26.0. The average Bonchev–Trinajstić information content (AvgIpc) is 3.06. The number of carbonyl (C=O) groups is 3. The molecule has 0 saturated carbocycles. The molecule has 3 aromatic heterocycles. The summed E-state index contributed by atoms with van der Waals surface area (Å²) in [6, 6.07) is 0. The van der Waals surface area contributed by atoms with E-state index < -0.39 is 156 Å². The molecule has 3 N–H and O–H groups in total. The number of rotatable bonds is 6. The third kappa shape index (κ3) is 12.7. The minimum atomic E-state index is -5.39. The molecule has 0 aliphatic rings. The van der Waals surface area contributed by atoms with Crippen molar-refractivity contribution in [3.05, 3.63) is 104 Å². The first-order valence-corrected chi connectivity index (χ1v) is 15.0. The van der Waals surface area contributed by atoms with Gasteiger partial charge in [-0.25, -0.2) is 41.3 Å². The topological polar surface area (TPSA) is 151 Å². The predicted molar refractivity (Wildman–Crippen MR) is 165 cm³/mol. The third-order valence-corrected chi connectivity index (χ3v) is 6.81.